The van der Waals surface area contributed by atoms with Gasteiger partial charge in [-0.25, -0.2) is 0 Å². The fourth-order valence-electron chi connectivity index (χ4n) is 3.60. The minimum absolute atomic E-state index is 0.0747. The van der Waals surface area contributed by atoms with Crippen LogP contribution in [0.2, 0.25) is 0 Å². The monoisotopic (exact) mass is 238 g/mol. The summed E-state index contributed by atoms with van der Waals surface area (Å²) in [5.41, 5.74) is -0.0747. The molecule has 0 N–H and O–H groups in total. The summed E-state index contributed by atoms with van der Waals surface area (Å²) in [6.07, 6.45) is 9.19. The third-order valence-electron chi connectivity index (χ3n) is 4.80. The van der Waals surface area contributed by atoms with Crippen molar-refractivity contribution in [2.75, 3.05) is 13.2 Å². The van der Waals surface area contributed by atoms with Crippen LogP contribution < -0.4 is 0 Å². The van der Waals surface area contributed by atoms with Gasteiger partial charge < -0.3 is 9.47 Å². The van der Waals surface area contributed by atoms with Crippen LogP contribution >= 0.6 is 0 Å². The lowest BCUT2D eigenvalue weighted by Crippen LogP contribution is -2.54. The van der Waals surface area contributed by atoms with Crippen molar-refractivity contribution in [2.24, 2.45) is 5.41 Å². The van der Waals surface area contributed by atoms with Crippen LogP contribution in [0.4, 0.5) is 0 Å². The molecule has 2 atom stereocenters. The SMILES string of the molecule is O=C1CC(OCC2CCCCO2)C12CCCC2. The van der Waals surface area contributed by atoms with Crippen molar-refractivity contribution in [2.45, 2.75) is 63.6 Å². The number of ketones is 1. The van der Waals surface area contributed by atoms with Gasteiger partial charge in [-0.1, -0.05) is 12.8 Å². The summed E-state index contributed by atoms with van der Waals surface area (Å²) >= 11 is 0. The Bertz CT molecular complexity index is 288. The predicted octanol–water partition coefficient (Wildman–Crippen LogP) is 2.47. The maximum atomic E-state index is 11.8. The number of Topliss-reactive ketones (excluding diaryl/α,β-unsaturated/α-hetero) is 1. The minimum atomic E-state index is -0.0747. The maximum Gasteiger partial charge on any atom is 0.144 e. The molecule has 3 fully saturated rings. The molecular weight excluding hydrogens is 216 g/mol. The van der Waals surface area contributed by atoms with E-state index in [2.05, 4.69) is 0 Å². The zero-order valence-corrected chi connectivity index (χ0v) is 10.5. The maximum absolute atomic E-state index is 11.8. The van der Waals surface area contributed by atoms with Crippen molar-refractivity contribution in [1.29, 1.82) is 0 Å². The molecule has 3 nitrogen and oxygen atoms in total. The number of carbonyl (C=O) groups is 1. The average Bonchev–Trinajstić information content (AvgIpc) is 2.88. The van der Waals surface area contributed by atoms with E-state index in [9.17, 15) is 4.79 Å². The molecule has 3 rings (SSSR count). The van der Waals surface area contributed by atoms with Crippen LogP contribution in [-0.4, -0.2) is 31.2 Å². The Hall–Kier alpha value is -0.410. The topological polar surface area (TPSA) is 35.5 Å². The molecule has 1 spiro atoms. The fraction of sp³-hybridized carbons (Fsp3) is 0.929. The first-order valence-electron chi connectivity index (χ1n) is 7.08. The van der Waals surface area contributed by atoms with Crippen LogP contribution in [0.25, 0.3) is 0 Å². The van der Waals surface area contributed by atoms with Crippen LogP contribution in [0.3, 0.4) is 0 Å². The molecule has 0 amide bonds. The fourth-order valence-corrected chi connectivity index (χ4v) is 3.60. The Kier molecular flexibility index (Phi) is 3.22. The Balaban J connectivity index is 1.50. The molecule has 2 aliphatic carbocycles. The summed E-state index contributed by atoms with van der Waals surface area (Å²) in [4.78, 5) is 11.8. The molecule has 2 unspecified atom stereocenters. The van der Waals surface area contributed by atoms with Crippen molar-refractivity contribution in [1.82, 2.24) is 0 Å². The van der Waals surface area contributed by atoms with Gasteiger partial charge in [-0.15, -0.1) is 0 Å². The molecule has 96 valence electrons. The van der Waals surface area contributed by atoms with E-state index >= 15 is 0 Å². The second-order valence-corrected chi connectivity index (χ2v) is 5.80. The number of hydrogen-bond acceptors (Lipinski definition) is 3. The highest BCUT2D eigenvalue weighted by Crippen LogP contribution is 2.52. The van der Waals surface area contributed by atoms with Gasteiger partial charge in [0.2, 0.25) is 0 Å². The van der Waals surface area contributed by atoms with Crippen LogP contribution in [0.5, 0.6) is 0 Å². The van der Waals surface area contributed by atoms with Crippen LogP contribution in [-0.2, 0) is 14.3 Å². The van der Waals surface area contributed by atoms with Crippen LogP contribution in [0, 0.1) is 5.41 Å². The summed E-state index contributed by atoms with van der Waals surface area (Å²) in [5.74, 6) is 0.449. The summed E-state index contributed by atoms with van der Waals surface area (Å²) in [5, 5.41) is 0. The molecule has 1 aliphatic heterocycles. The number of carbonyl (C=O) groups excluding carboxylic acids is 1. The van der Waals surface area contributed by atoms with Gasteiger partial charge in [0.1, 0.15) is 5.78 Å². The van der Waals surface area contributed by atoms with E-state index in [0.29, 0.717) is 18.8 Å². The lowest BCUT2D eigenvalue weighted by molar-refractivity contribution is -0.170. The quantitative estimate of drug-likeness (QED) is 0.757. The second kappa shape index (κ2) is 4.69. The van der Waals surface area contributed by atoms with Crippen LogP contribution in [0.15, 0.2) is 0 Å². The van der Waals surface area contributed by atoms with Gasteiger partial charge in [0.05, 0.1) is 24.2 Å². The van der Waals surface area contributed by atoms with E-state index in [1.807, 2.05) is 0 Å². The van der Waals surface area contributed by atoms with Gasteiger partial charge in [-0.2, -0.15) is 0 Å². The molecule has 0 aromatic carbocycles. The Morgan fingerprint density at radius 2 is 2.06 bits per heavy atom. The highest BCUT2D eigenvalue weighted by Gasteiger charge is 2.56. The Morgan fingerprint density at radius 1 is 1.24 bits per heavy atom. The van der Waals surface area contributed by atoms with E-state index in [4.69, 9.17) is 9.47 Å². The number of hydrogen-bond donors (Lipinski definition) is 0. The molecule has 1 saturated heterocycles. The molecule has 3 aliphatic rings. The van der Waals surface area contributed by atoms with Gasteiger partial charge in [0.15, 0.2) is 0 Å². The molecule has 0 radical (unpaired) electrons. The molecule has 0 aromatic rings. The van der Waals surface area contributed by atoms with E-state index in [0.717, 1.165) is 25.9 Å². The number of ether oxygens (including phenoxy) is 2. The lowest BCUT2D eigenvalue weighted by atomic mass is 9.63. The molecule has 17 heavy (non-hydrogen) atoms. The summed E-state index contributed by atoms with van der Waals surface area (Å²) in [7, 11) is 0. The Morgan fingerprint density at radius 3 is 2.71 bits per heavy atom. The number of rotatable bonds is 3. The first-order valence-corrected chi connectivity index (χ1v) is 7.08. The van der Waals surface area contributed by atoms with Crippen molar-refractivity contribution in [3.8, 4) is 0 Å². The van der Waals surface area contributed by atoms with Gasteiger partial charge in [0, 0.05) is 13.0 Å². The minimum Gasteiger partial charge on any atom is -0.376 e. The molecule has 1 heterocycles. The zero-order chi connectivity index (χ0) is 11.7. The van der Waals surface area contributed by atoms with E-state index in [-0.39, 0.29) is 17.6 Å². The van der Waals surface area contributed by atoms with E-state index in [1.165, 1.54) is 25.7 Å². The largest absolute Gasteiger partial charge is 0.376 e. The third-order valence-corrected chi connectivity index (χ3v) is 4.80. The van der Waals surface area contributed by atoms with Gasteiger partial charge in [-0.3, -0.25) is 4.79 Å². The zero-order valence-electron chi connectivity index (χ0n) is 10.5. The van der Waals surface area contributed by atoms with Crippen molar-refractivity contribution in [3.63, 3.8) is 0 Å². The second-order valence-electron chi connectivity index (χ2n) is 5.80. The van der Waals surface area contributed by atoms with Gasteiger partial charge >= 0.3 is 0 Å². The molecule has 0 bridgehead atoms. The standard InChI is InChI=1S/C14H22O3/c15-12-9-13(14(12)6-2-3-7-14)17-10-11-5-1-4-8-16-11/h11,13H,1-10H2. The molecule has 0 aromatic heterocycles. The van der Waals surface area contributed by atoms with Crippen molar-refractivity contribution < 1.29 is 14.3 Å². The predicted molar refractivity (Wildman–Crippen MR) is 63.9 cm³/mol. The van der Waals surface area contributed by atoms with Gasteiger partial charge in [0.25, 0.3) is 0 Å². The van der Waals surface area contributed by atoms with Crippen molar-refractivity contribution in [3.05, 3.63) is 0 Å². The first-order chi connectivity index (χ1) is 8.31. The average molecular weight is 238 g/mol. The first kappa shape index (κ1) is 11.7. The van der Waals surface area contributed by atoms with Crippen LogP contribution in [0.1, 0.15) is 51.4 Å². The highest BCUT2D eigenvalue weighted by atomic mass is 16.5. The van der Waals surface area contributed by atoms with Gasteiger partial charge in [-0.05, 0) is 32.1 Å². The highest BCUT2D eigenvalue weighted by molar-refractivity contribution is 5.92. The normalized spacial score (nSPS) is 36.1. The van der Waals surface area contributed by atoms with E-state index in [1.54, 1.807) is 0 Å². The van der Waals surface area contributed by atoms with E-state index < -0.39 is 0 Å². The van der Waals surface area contributed by atoms with Crippen molar-refractivity contribution >= 4 is 5.78 Å². The Labute approximate surface area is 103 Å². The summed E-state index contributed by atoms with van der Waals surface area (Å²) in [6, 6.07) is 0. The summed E-state index contributed by atoms with van der Waals surface area (Å²) in [6.45, 7) is 1.57. The third kappa shape index (κ3) is 2.04. The molecular formula is C14H22O3. The summed E-state index contributed by atoms with van der Waals surface area (Å²) < 4.78 is 11.6. The molecule has 2 saturated carbocycles. The molecule has 3 heteroatoms. The smallest absolute Gasteiger partial charge is 0.144 e. The lowest BCUT2D eigenvalue weighted by Gasteiger charge is -2.45.